The Labute approximate surface area is 152 Å². The molecule has 0 aliphatic heterocycles. The number of hydrogen-bond donors (Lipinski definition) is 1. The molecular weight excluding hydrogens is 364 g/mol. The van der Waals surface area contributed by atoms with Gasteiger partial charge in [-0.3, -0.25) is 4.79 Å². The molecule has 0 saturated carbocycles. The lowest BCUT2D eigenvalue weighted by Crippen LogP contribution is -2.23. The molecule has 2 aromatic carbocycles. The molecule has 25 heavy (non-hydrogen) atoms. The summed E-state index contributed by atoms with van der Waals surface area (Å²) in [6.07, 6.45) is 0. The molecule has 0 aromatic heterocycles. The summed E-state index contributed by atoms with van der Waals surface area (Å²) >= 11 is 5.94. The molecule has 1 amide bonds. The number of nitrogens with zero attached hydrogens (tertiary/aromatic N) is 1. The number of sulfonamides is 1. The topological polar surface area (TPSA) is 75.7 Å². The SMILES string of the molecule is Cc1cc(OCC(=O)Nc2cccc(S(=O)(=O)N(C)C)c2)ccc1Cl. The first-order valence-corrected chi connectivity index (χ1v) is 9.23. The molecule has 2 rings (SSSR count). The summed E-state index contributed by atoms with van der Waals surface area (Å²) in [5.74, 6) is 0.132. The standard InChI is InChI=1S/C17H19ClN2O4S/c1-12-9-14(7-8-16(12)18)24-11-17(21)19-13-5-4-6-15(10-13)25(22,23)20(2)3/h4-10H,11H2,1-3H3,(H,19,21). The van der Waals surface area contributed by atoms with Crippen molar-refractivity contribution < 1.29 is 17.9 Å². The summed E-state index contributed by atoms with van der Waals surface area (Å²) in [5.41, 5.74) is 1.23. The van der Waals surface area contributed by atoms with Gasteiger partial charge in [-0.05, 0) is 48.9 Å². The van der Waals surface area contributed by atoms with Crippen molar-refractivity contribution in [2.24, 2.45) is 0 Å². The van der Waals surface area contributed by atoms with E-state index >= 15 is 0 Å². The highest BCUT2D eigenvalue weighted by atomic mass is 35.5. The highest BCUT2D eigenvalue weighted by molar-refractivity contribution is 7.89. The number of anilines is 1. The Kier molecular flexibility index (Phi) is 6.05. The molecule has 0 bridgehead atoms. The van der Waals surface area contributed by atoms with E-state index in [0.29, 0.717) is 16.5 Å². The van der Waals surface area contributed by atoms with Crippen LogP contribution in [0, 0.1) is 6.92 Å². The lowest BCUT2D eigenvalue weighted by Gasteiger charge is -2.13. The van der Waals surface area contributed by atoms with E-state index in [1.165, 1.54) is 26.2 Å². The zero-order valence-corrected chi connectivity index (χ0v) is 15.7. The second-order valence-corrected chi connectivity index (χ2v) is 8.12. The zero-order valence-electron chi connectivity index (χ0n) is 14.1. The lowest BCUT2D eigenvalue weighted by molar-refractivity contribution is -0.118. The predicted molar refractivity (Wildman–Crippen MR) is 97.6 cm³/mol. The fourth-order valence-corrected chi connectivity index (χ4v) is 3.06. The van der Waals surface area contributed by atoms with Crippen molar-refractivity contribution in [3.63, 3.8) is 0 Å². The maximum absolute atomic E-state index is 12.1. The summed E-state index contributed by atoms with van der Waals surface area (Å²) < 4.78 is 30.8. The van der Waals surface area contributed by atoms with Crippen LogP contribution in [0.25, 0.3) is 0 Å². The number of carbonyl (C=O) groups is 1. The monoisotopic (exact) mass is 382 g/mol. The van der Waals surface area contributed by atoms with E-state index in [1.807, 2.05) is 6.92 Å². The fourth-order valence-electron chi connectivity index (χ4n) is 2.00. The average Bonchev–Trinajstić information content (AvgIpc) is 2.56. The highest BCUT2D eigenvalue weighted by Gasteiger charge is 2.17. The minimum absolute atomic E-state index is 0.101. The third-order valence-corrected chi connectivity index (χ3v) is 5.63. The predicted octanol–water partition coefficient (Wildman–Crippen LogP) is 2.92. The van der Waals surface area contributed by atoms with Gasteiger partial charge in [0.1, 0.15) is 5.75 Å². The Hall–Kier alpha value is -2.09. The number of nitrogens with one attached hydrogen (secondary N) is 1. The summed E-state index contributed by atoms with van der Waals surface area (Å²) in [7, 11) is -0.667. The Bertz CT molecular complexity index is 882. The lowest BCUT2D eigenvalue weighted by atomic mass is 10.2. The average molecular weight is 383 g/mol. The Morgan fingerprint density at radius 1 is 1.20 bits per heavy atom. The largest absolute Gasteiger partial charge is 0.484 e. The second kappa shape index (κ2) is 7.86. The van der Waals surface area contributed by atoms with E-state index in [0.717, 1.165) is 9.87 Å². The van der Waals surface area contributed by atoms with Crippen molar-refractivity contribution in [1.82, 2.24) is 4.31 Å². The van der Waals surface area contributed by atoms with Crippen LogP contribution in [0.1, 0.15) is 5.56 Å². The summed E-state index contributed by atoms with van der Waals surface area (Å²) in [6, 6.07) is 11.2. The van der Waals surface area contributed by atoms with Gasteiger partial charge in [-0.2, -0.15) is 0 Å². The van der Waals surface area contributed by atoms with Crippen LogP contribution >= 0.6 is 11.6 Å². The van der Waals surface area contributed by atoms with Gasteiger partial charge in [0.15, 0.2) is 6.61 Å². The minimum Gasteiger partial charge on any atom is -0.484 e. The van der Waals surface area contributed by atoms with Gasteiger partial charge < -0.3 is 10.1 Å². The molecule has 0 fully saturated rings. The van der Waals surface area contributed by atoms with Gasteiger partial charge in [-0.1, -0.05) is 17.7 Å². The number of halogens is 1. The zero-order chi connectivity index (χ0) is 18.6. The quantitative estimate of drug-likeness (QED) is 0.833. The van der Waals surface area contributed by atoms with Gasteiger partial charge in [-0.15, -0.1) is 0 Å². The summed E-state index contributed by atoms with van der Waals surface area (Å²) in [5, 5.41) is 3.24. The number of ether oxygens (including phenoxy) is 1. The van der Waals surface area contributed by atoms with E-state index < -0.39 is 15.9 Å². The van der Waals surface area contributed by atoms with Crippen LogP contribution in [0.4, 0.5) is 5.69 Å². The molecule has 0 unspecified atom stereocenters. The number of amides is 1. The van der Waals surface area contributed by atoms with Crippen molar-refractivity contribution in [2.75, 3.05) is 26.0 Å². The van der Waals surface area contributed by atoms with Gasteiger partial charge in [0.05, 0.1) is 4.90 Å². The van der Waals surface area contributed by atoms with E-state index in [2.05, 4.69) is 5.32 Å². The van der Waals surface area contributed by atoms with Gasteiger partial charge >= 0.3 is 0 Å². The molecule has 0 heterocycles. The summed E-state index contributed by atoms with van der Waals surface area (Å²) in [6.45, 7) is 1.64. The molecule has 2 aromatic rings. The number of benzene rings is 2. The van der Waals surface area contributed by atoms with Crippen molar-refractivity contribution >= 4 is 33.2 Å². The molecule has 8 heteroatoms. The molecule has 0 saturated heterocycles. The third kappa shape index (κ3) is 4.94. The number of rotatable bonds is 6. The van der Waals surface area contributed by atoms with Crippen molar-refractivity contribution in [3.05, 3.63) is 53.1 Å². The van der Waals surface area contributed by atoms with Crippen LogP contribution in [-0.2, 0) is 14.8 Å². The first kappa shape index (κ1) is 19.2. The Morgan fingerprint density at radius 3 is 2.56 bits per heavy atom. The fraction of sp³-hybridized carbons (Fsp3) is 0.235. The Morgan fingerprint density at radius 2 is 1.92 bits per heavy atom. The van der Waals surface area contributed by atoms with Gasteiger partial charge in [0, 0.05) is 24.8 Å². The highest BCUT2D eigenvalue weighted by Crippen LogP contribution is 2.21. The maximum atomic E-state index is 12.1. The van der Waals surface area contributed by atoms with Crippen molar-refractivity contribution in [2.45, 2.75) is 11.8 Å². The number of hydrogen-bond acceptors (Lipinski definition) is 4. The summed E-state index contributed by atoms with van der Waals surface area (Å²) in [4.78, 5) is 12.1. The van der Waals surface area contributed by atoms with Crippen LogP contribution in [0.3, 0.4) is 0 Å². The first-order valence-electron chi connectivity index (χ1n) is 7.41. The molecule has 134 valence electrons. The first-order chi connectivity index (χ1) is 11.7. The normalized spacial score (nSPS) is 11.4. The minimum atomic E-state index is -3.56. The van der Waals surface area contributed by atoms with E-state index in [4.69, 9.17) is 16.3 Å². The van der Waals surface area contributed by atoms with Gasteiger partial charge in [0.25, 0.3) is 5.91 Å². The molecule has 0 radical (unpaired) electrons. The second-order valence-electron chi connectivity index (χ2n) is 5.56. The van der Waals surface area contributed by atoms with Crippen molar-refractivity contribution in [3.8, 4) is 5.75 Å². The van der Waals surface area contributed by atoms with E-state index in [9.17, 15) is 13.2 Å². The van der Waals surface area contributed by atoms with Crippen molar-refractivity contribution in [1.29, 1.82) is 0 Å². The van der Waals surface area contributed by atoms with E-state index in [1.54, 1.807) is 30.3 Å². The maximum Gasteiger partial charge on any atom is 0.262 e. The number of carbonyl (C=O) groups excluding carboxylic acids is 1. The van der Waals surface area contributed by atoms with Gasteiger partial charge in [0.2, 0.25) is 10.0 Å². The smallest absolute Gasteiger partial charge is 0.262 e. The molecule has 6 nitrogen and oxygen atoms in total. The van der Waals surface area contributed by atoms with Crippen LogP contribution < -0.4 is 10.1 Å². The van der Waals surface area contributed by atoms with Gasteiger partial charge in [-0.25, -0.2) is 12.7 Å². The molecular formula is C17H19ClN2O4S. The van der Waals surface area contributed by atoms with E-state index in [-0.39, 0.29) is 11.5 Å². The van der Waals surface area contributed by atoms with Crippen LogP contribution in [0.5, 0.6) is 5.75 Å². The van der Waals surface area contributed by atoms with Crippen LogP contribution in [0.15, 0.2) is 47.4 Å². The number of aryl methyl sites for hydroxylation is 1. The third-order valence-electron chi connectivity index (χ3n) is 3.40. The molecule has 1 N–H and O–H groups in total. The van der Waals surface area contributed by atoms with Crippen LogP contribution in [-0.4, -0.2) is 39.3 Å². The molecule has 0 aliphatic carbocycles. The molecule has 0 atom stereocenters. The van der Waals surface area contributed by atoms with Crippen LogP contribution in [0.2, 0.25) is 5.02 Å². The molecule has 0 aliphatic rings. The molecule has 0 spiro atoms. The Balaban J connectivity index is 2.02.